The van der Waals surface area contributed by atoms with Crippen molar-refractivity contribution in [3.63, 3.8) is 0 Å². The Bertz CT molecular complexity index is 521. The molecule has 1 aromatic carbocycles. The van der Waals surface area contributed by atoms with E-state index >= 15 is 0 Å². The summed E-state index contributed by atoms with van der Waals surface area (Å²) in [6, 6.07) is 6.48. The van der Waals surface area contributed by atoms with Crippen molar-refractivity contribution in [1.82, 2.24) is 4.90 Å². The number of nitriles is 1. The van der Waals surface area contributed by atoms with Crippen LogP contribution in [0.2, 0.25) is 0 Å². The maximum Gasteiger partial charge on any atom is 0.140 e. The number of ketones is 1. The Morgan fingerprint density at radius 1 is 1.58 bits per heavy atom. The van der Waals surface area contributed by atoms with E-state index in [1.807, 2.05) is 6.07 Å². The first-order chi connectivity index (χ1) is 9.10. The molecule has 2 rings (SSSR count). The molecule has 1 heterocycles. The van der Waals surface area contributed by atoms with Crippen LogP contribution in [0, 0.1) is 23.1 Å². The average Bonchev–Trinajstić information content (AvgIpc) is 2.41. The summed E-state index contributed by atoms with van der Waals surface area (Å²) < 4.78 is 13.2. The highest BCUT2D eigenvalue weighted by Gasteiger charge is 2.23. The van der Waals surface area contributed by atoms with Crippen LogP contribution in [0.15, 0.2) is 18.2 Å². The molecule has 19 heavy (non-hydrogen) atoms. The normalized spacial score (nSPS) is 19.9. The summed E-state index contributed by atoms with van der Waals surface area (Å²) >= 11 is 0. The molecular formula is C15H17FN2O. The molecule has 0 N–H and O–H groups in total. The number of nitrogens with zero attached hydrogens (tertiary/aromatic N) is 2. The van der Waals surface area contributed by atoms with Gasteiger partial charge in [0.1, 0.15) is 17.7 Å². The molecule has 1 fully saturated rings. The topological polar surface area (TPSA) is 44.1 Å². The number of likely N-dealkylation sites (tertiary alicyclic amines) is 1. The van der Waals surface area contributed by atoms with Gasteiger partial charge in [-0.05, 0) is 44.0 Å². The summed E-state index contributed by atoms with van der Waals surface area (Å²) in [6.45, 7) is 4.01. The van der Waals surface area contributed by atoms with Crippen molar-refractivity contribution in [3.8, 4) is 6.07 Å². The molecule has 4 heteroatoms. The number of halogens is 1. The molecule has 0 amide bonds. The van der Waals surface area contributed by atoms with Crippen LogP contribution in [0.1, 0.15) is 30.9 Å². The third-order valence-corrected chi connectivity index (χ3v) is 3.64. The van der Waals surface area contributed by atoms with Gasteiger partial charge in [-0.3, -0.25) is 9.69 Å². The first-order valence-electron chi connectivity index (χ1n) is 6.51. The van der Waals surface area contributed by atoms with Gasteiger partial charge in [-0.25, -0.2) is 4.39 Å². The number of carbonyl (C=O) groups is 1. The van der Waals surface area contributed by atoms with Crippen LogP contribution in [-0.2, 0) is 11.3 Å². The second kappa shape index (κ2) is 5.94. The maximum atomic E-state index is 13.2. The molecule has 0 radical (unpaired) electrons. The van der Waals surface area contributed by atoms with Crippen molar-refractivity contribution < 1.29 is 9.18 Å². The van der Waals surface area contributed by atoms with Gasteiger partial charge in [-0.15, -0.1) is 0 Å². The highest BCUT2D eigenvalue weighted by Crippen LogP contribution is 2.20. The van der Waals surface area contributed by atoms with E-state index in [9.17, 15) is 9.18 Å². The predicted molar refractivity (Wildman–Crippen MR) is 69.8 cm³/mol. The average molecular weight is 260 g/mol. The van der Waals surface area contributed by atoms with Crippen molar-refractivity contribution in [1.29, 1.82) is 5.26 Å². The van der Waals surface area contributed by atoms with Gasteiger partial charge < -0.3 is 0 Å². The lowest BCUT2D eigenvalue weighted by Gasteiger charge is -2.31. The van der Waals surface area contributed by atoms with E-state index in [0.717, 1.165) is 31.5 Å². The fourth-order valence-electron chi connectivity index (χ4n) is 2.55. The van der Waals surface area contributed by atoms with Crippen molar-refractivity contribution in [3.05, 3.63) is 35.1 Å². The van der Waals surface area contributed by atoms with Gasteiger partial charge in [0, 0.05) is 19.0 Å². The summed E-state index contributed by atoms with van der Waals surface area (Å²) in [5, 5.41) is 8.82. The Labute approximate surface area is 112 Å². The first-order valence-corrected chi connectivity index (χ1v) is 6.51. The lowest BCUT2D eigenvalue weighted by Crippen LogP contribution is -2.37. The van der Waals surface area contributed by atoms with Gasteiger partial charge in [-0.1, -0.05) is 6.07 Å². The molecule has 3 nitrogen and oxygen atoms in total. The van der Waals surface area contributed by atoms with Gasteiger partial charge in [0.15, 0.2) is 0 Å². The molecule has 1 atom stereocenters. The molecule has 100 valence electrons. The summed E-state index contributed by atoms with van der Waals surface area (Å²) in [6.07, 6.45) is 1.97. The van der Waals surface area contributed by atoms with Gasteiger partial charge in [0.05, 0.1) is 5.56 Å². The number of benzene rings is 1. The summed E-state index contributed by atoms with van der Waals surface area (Å²) in [7, 11) is 0. The van der Waals surface area contributed by atoms with E-state index in [1.165, 1.54) is 6.07 Å². The van der Waals surface area contributed by atoms with Crippen LogP contribution in [0.4, 0.5) is 4.39 Å². The number of rotatable bonds is 3. The van der Waals surface area contributed by atoms with Crippen LogP contribution in [0.5, 0.6) is 0 Å². The third kappa shape index (κ3) is 3.39. The molecule has 1 saturated heterocycles. The van der Waals surface area contributed by atoms with E-state index in [4.69, 9.17) is 5.26 Å². The van der Waals surface area contributed by atoms with E-state index in [2.05, 4.69) is 4.90 Å². The third-order valence-electron chi connectivity index (χ3n) is 3.64. The minimum absolute atomic E-state index is 0.0811. The second-order valence-corrected chi connectivity index (χ2v) is 5.11. The van der Waals surface area contributed by atoms with Crippen LogP contribution in [0.25, 0.3) is 0 Å². The molecule has 1 aliphatic rings. The number of Topliss-reactive ketones (excluding diaryl/α,β-unsaturated/α-hetero) is 1. The van der Waals surface area contributed by atoms with Crippen LogP contribution in [0.3, 0.4) is 0 Å². The zero-order valence-electron chi connectivity index (χ0n) is 11.0. The minimum atomic E-state index is -0.480. The van der Waals surface area contributed by atoms with E-state index in [-0.39, 0.29) is 17.3 Å². The van der Waals surface area contributed by atoms with Crippen LogP contribution in [-0.4, -0.2) is 23.8 Å². The zero-order valence-corrected chi connectivity index (χ0v) is 11.0. The number of piperidine rings is 1. The predicted octanol–water partition coefficient (Wildman–Crippen LogP) is 2.50. The zero-order chi connectivity index (χ0) is 13.8. The fraction of sp³-hybridized carbons (Fsp3) is 0.467. The van der Waals surface area contributed by atoms with Gasteiger partial charge in [-0.2, -0.15) is 5.26 Å². The minimum Gasteiger partial charge on any atom is -0.300 e. The smallest absolute Gasteiger partial charge is 0.140 e. The SMILES string of the molecule is CC(=O)C1CCCN(Cc2ccc(F)c(C#N)c2)C1. The second-order valence-electron chi connectivity index (χ2n) is 5.11. The van der Waals surface area contributed by atoms with Gasteiger partial charge in [0.25, 0.3) is 0 Å². The van der Waals surface area contributed by atoms with Crippen LogP contribution >= 0.6 is 0 Å². The Hall–Kier alpha value is -1.73. The monoisotopic (exact) mass is 260 g/mol. The molecule has 0 spiro atoms. The maximum absolute atomic E-state index is 13.2. The largest absolute Gasteiger partial charge is 0.300 e. The first kappa shape index (κ1) is 13.7. The summed E-state index contributed by atoms with van der Waals surface area (Å²) in [5.74, 6) is -0.127. The lowest BCUT2D eigenvalue weighted by molar-refractivity contribution is -0.122. The molecule has 1 aliphatic heterocycles. The standard InChI is InChI=1S/C15H17FN2O/c1-11(19)13-3-2-6-18(10-13)9-12-4-5-15(16)14(7-12)8-17/h4-5,7,13H,2-3,6,9-10H2,1H3. The Morgan fingerprint density at radius 3 is 3.05 bits per heavy atom. The molecule has 1 unspecified atom stereocenters. The van der Waals surface area contributed by atoms with Crippen molar-refractivity contribution >= 4 is 5.78 Å². The Kier molecular flexibility index (Phi) is 4.28. The fourth-order valence-corrected chi connectivity index (χ4v) is 2.55. The lowest BCUT2D eigenvalue weighted by atomic mass is 9.94. The van der Waals surface area contributed by atoms with Gasteiger partial charge >= 0.3 is 0 Å². The molecular weight excluding hydrogens is 243 g/mol. The summed E-state index contributed by atoms with van der Waals surface area (Å²) in [5.41, 5.74) is 1.000. The van der Waals surface area contributed by atoms with Gasteiger partial charge in [0.2, 0.25) is 0 Å². The number of hydrogen-bond acceptors (Lipinski definition) is 3. The number of carbonyl (C=O) groups excluding carboxylic acids is 1. The van der Waals surface area contributed by atoms with E-state index in [1.54, 1.807) is 19.1 Å². The molecule has 0 bridgehead atoms. The van der Waals surface area contributed by atoms with Crippen molar-refractivity contribution in [2.75, 3.05) is 13.1 Å². The highest BCUT2D eigenvalue weighted by molar-refractivity contribution is 5.78. The Morgan fingerprint density at radius 2 is 2.37 bits per heavy atom. The molecule has 0 aromatic heterocycles. The van der Waals surface area contributed by atoms with Crippen molar-refractivity contribution in [2.24, 2.45) is 5.92 Å². The van der Waals surface area contributed by atoms with E-state index < -0.39 is 5.82 Å². The molecule has 1 aromatic rings. The highest BCUT2D eigenvalue weighted by atomic mass is 19.1. The van der Waals surface area contributed by atoms with E-state index in [0.29, 0.717) is 6.54 Å². The van der Waals surface area contributed by atoms with Crippen LogP contribution < -0.4 is 0 Å². The quantitative estimate of drug-likeness (QED) is 0.838. The number of hydrogen-bond donors (Lipinski definition) is 0. The summed E-state index contributed by atoms with van der Waals surface area (Å²) in [4.78, 5) is 13.6. The molecule has 0 aliphatic carbocycles. The van der Waals surface area contributed by atoms with Crippen molar-refractivity contribution in [2.45, 2.75) is 26.3 Å². The molecule has 0 saturated carbocycles. The Balaban J connectivity index is 2.05.